The highest BCUT2D eigenvalue weighted by Crippen LogP contribution is 2.46. The number of hydrogen-bond acceptors (Lipinski definition) is 5. The minimum absolute atomic E-state index is 0.136. The zero-order chi connectivity index (χ0) is 21.9. The molecule has 0 bridgehead atoms. The van der Waals surface area contributed by atoms with E-state index in [0.717, 1.165) is 38.1 Å². The molecule has 1 heterocycles. The van der Waals surface area contributed by atoms with Gasteiger partial charge in [-0.1, -0.05) is 74.8 Å². The fraction of sp³-hybridized carbons (Fsp3) is 0.905. The van der Waals surface area contributed by atoms with Crippen molar-refractivity contribution in [1.82, 2.24) is 5.32 Å². The number of carbonyl (C=O) groups is 2. The Labute approximate surface area is 189 Å². The van der Waals surface area contributed by atoms with Gasteiger partial charge in [-0.2, -0.15) is 0 Å². The van der Waals surface area contributed by atoms with E-state index >= 15 is 0 Å². The lowest BCUT2D eigenvalue weighted by Gasteiger charge is -2.46. The first-order valence-corrected chi connectivity index (χ1v) is 16.2. The fourth-order valence-electron chi connectivity index (χ4n) is 4.78. The summed E-state index contributed by atoms with van der Waals surface area (Å²) in [4.78, 5) is 26.4. The van der Waals surface area contributed by atoms with Gasteiger partial charge in [-0.15, -0.1) is 0 Å². The molecule has 0 aromatic rings. The third kappa shape index (κ3) is 5.01. The van der Waals surface area contributed by atoms with Gasteiger partial charge in [-0.3, -0.25) is 4.79 Å². The molecule has 0 radical (unpaired) electrons. The molecule has 2 aliphatic rings. The van der Waals surface area contributed by atoms with Crippen LogP contribution in [0.5, 0.6) is 0 Å². The second kappa shape index (κ2) is 9.95. The number of halogens is 1. The molecule has 3 N–H and O–H groups in total. The molecular formula is C21H38INO5Si. The molecule has 2 rings (SSSR count). The van der Waals surface area contributed by atoms with E-state index < -0.39 is 37.2 Å². The lowest BCUT2D eigenvalue weighted by molar-refractivity contribution is -0.177. The summed E-state index contributed by atoms with van der Waals surface area (Å²) in [5.74, 6) is -1.90. The molecule has 1 saturated carbocycles. The summed E-state index contributed by atoms with van der Waals surface area (Å²) in [5.41, 5.74) is -3.47. The van der Waals surface area contributed by atoms with E-state index in [1.54, 1.807) is 0 Å². The summed E-state index contributed by atoms with van der Waals surface area (Å²) in [6, 6.07) is 0.795. The average molecular weight is 540 g/mol. The number of aliphatic hydroxyl groups excluding tert-OH is 1. The Hall–Kier alpha value is -0.193. The van der Waals surface area contributed by atoms with Crippen molar-refractivity contribution in [2.75, 3.05) is 11.0 Å². The van der Waals surface area contributed by atoms with Crippen LogP contribution in [-0.2, 0) is 14.3 Å². The van der Waals surface area contributed by atoms with Crippen LogP contribution < -0.4 is 5.32 Å². The van der Waals surface area contributed by atoms with Crippen molar-refractivity contribution in [1.29, 1.82) is 0 Å². The highest BCUT2D eigenvalue weighted by Gasteiger charge is 2.71. The monoisotopic (exact) mass is 539 g/mol. The molecule has 2 fully saturated rings. The van der Waals surface area contributed by atoms with Crippen LogP contribution in [0, 0.1) is 11.8 Å². The van der Waals surface area contributed by atoms with Crippen molar-refractivity contribution in [3.63, 3.8) is 0 Å². The summed E-state index contributed by atoms with van der Waals surface area (Å²) in [5, 5.41) is 26.0. The largest absolute Gasteiger partial charge is 0.464 e. The molecule has 6 nitrogen and oxygen atoms in total. The highest BCUT2D eigenvalue weighted by molar-refractivity contribution is 14.1. The van der Waals surface area contributed by atoms with Crippen LogP contribution >= 0.6 is 22.6 Å². The van der Waals surface area contributed by atoms with Crippen molar-refractivity contribution in [3.8, 4) is 0 Å². The van der Waals surface area contributed by atoms with Gasteiger partial charge in [0, 0.05) is 12.5 Å². The van der Waals surface area contributed by atoms with Crippen molar-refractivity contribution in [2.45, 2.75) is 94.8 Å². The van der Waals surface area contributed by atoms with Gasteiger partial charge in [0.1, 0.15) is 5.60 Å². The van der Waals surface area contributed by atoms with Gasteiger partial charge in [0.05, 0.1) is 18.6 Å². The maximum atomic E-state index is 13.5. The molecule has 4 atom stereocenters. The smallest absolute Gasteiger partial charge is 0.337 e. The Morgan fingerprint density at radius 2 is 1.93 bits per heavy atom. The maximum absolute atomic E-state index is 13.5. The number of nitrogens with one attached hydrogen (secondary N) is 1. The standard InChI is InChI=1S/C21H38INO5Si/c1-5-9-16-18(25)23-21(20(16,27)14-22,17(24)15-10-7-6-8-11-15)19(26)28-12-13-29(2,3)4/h15-17,24,27H,5-14H2,1-4H3,(H,23,25)/t16-,17-,20-,21-/m0/s1. The van der Waals surface area contributed by atoms with E-state index in [-0.39, 0.29) is 22.9 Å². The molecule has 0 aromatic heterocycles. The molecule has 1 aliphatic heterocycles. The van der Waals surface area contributed by atoms with Gasteiger partial charge >= 0.3 is 5.97 Å². The molecule has 8 heteroatoms. The van der Waals surface area contributed by atoms with Crippen LogP contribution in [0.2, 0.25) is 25.7 Å². The first-order chi connectivity index (χ1) is 13.5. The van der Waals surface area contributed by atoms with Crippen molar-refractivity contribution >= 4 is 42.5 Å². The van der Waals surface area contributed by atoms with Crippen LogP contribution in [-0.4, -0.2) is 58.4 Å². The summed E-state index contributed by atoms with van der Waals surface area (Å²) in [7, 11) is -1.42. The Kier molecular flexibility index (Phi) is 8.60. The normalized spacial score (nSPS) is 32.1. The number of amides is 1. The molecule has 0 spiro atoms. The average Bonchev–Trinajstić information content (AvgIpc) is 2.90. The Balaban J connectivity index is 2.41. The van der Waals surface area contributed by atoms with Gasteiger partial charge in [0.25, 0.3) is 0 Å². The third-order valence-corrected chi connectivity index (χ3v) is 9.49. The number of rotatable bonds is 9. The molecular weight excluding hydrogens is 501 g/mol. The van der Waals surface area contributed by atoms with Crippen LogP contribution in [0.1, 0.15) is 51.9 Å². The van der Waals surface area contributed by atoms with E-state index in [2.05, 4.69) is 25.0 Å². The summed E-state index contributed by atoms with van der Waals surface area (Å²) in [6.07, 6.45) is 4.66. The number of esters is 1. The molecule has 0 unspecified atom stereocenters. The predicted octanol–water partition coefficient (Wildman–Crippen LogP) is 3.26. The molecule has 1 aliphatic carbocycles. The highest BCUT2D eigenvalue weighted by atomic mass is 127. The maximum Gasteiger partial charge on any atom is 0.337 e. The molecule has 29 heavy (non-hydrogen) atoms. The molecule has 1 amide bonds. The predicted molar refractivity (Wildman–Crippen MR) is 125 cm³/mol. The van der Waals surface area contributed by atoms with Crippen LogP contribution in [0.3, 0.4) is 0 Å². The second-order valence-electron chi connectivity index (χ2n) is 9.99. The van der Waals surface area contributed by atoms with Gasteiger partial charge < -0.3 is 20.3 Å². The minimum Gasteiger partial charge on any atom is -0.464 e. The summed E-state index contributed by atoms with van der Waals surface area (Å²) in [6.45, 7) is 8.79. The van der Waals surface area contributed by atoms with Gasteiger partial charge in [-0.25, -0.2) is 4.79 Å². The number of alkyl halides is 1. The first kappa shape index (κ1) is 25.1. The van der Waals surface area contributed by atoms with E-state index in [1.165, 1.54) is 0 Å². The SMILES string of the molecule is CCC[C@H]1C(=O)N[C@](C(=O)OCC[Si](C)(C)C)([C@@H](O)C2CCCCC2)[C@]1(O)CI. The summed E-state index contributed by atoms with van der Waals surface area (Å²) >= 11 is 2.03. The second-order valence-corrected chi connectivity index (χ2v) is 16.4. The lowest BCUT2D eigenvalue weighted by Crippen LogP contribution is -2.72. The number of ether oxygens (including phenoxy) is 1. The molecule has 1 saturated heterocycles. The Morgan fingerprint density at radius 3 is 2.45 bits per heavy atom. The number of hydrogen-bond donors (Lipinski definition) is 3. The van der Waals surface area contributed by atoms with Crippen molar-refractivity contribution < 1.29 is 24.5 Å². The first-order valence-electron chi connectivity index (χ1n) is 11.0. The van der Waals surface area contributed by atoms with Gasteiger partial charge in [0.15, 0.2) is 5.54 Å². The van der Waals surface area contributed by atoms with Crippen molar-refractivity contribution in [2.24, 2.45) is 11.8 Å². The van der Waals surface area contributed by atoms with Gasteiger partial charge in [0.2, 0.25) is 5.91 Å². The lowest BCUT2D eigenvalue weighted by atomic mass is 9.67. The molecule has 168 valence electrons. The van der Waals surface area contributed by atoms with E-state index in [1.807, 2.05) is 29.5 Å². The van der Waals surface area contributed by atoms with Gasteiger partial charge in [-0.05, 0) is 31.2 Å². The number of carbonyl (C=O) groups excluding carboxylic acids is 2. The Bertz CT molecular complexity index is 592. The van der Waals surface area contributed by atoms with Crippen LogP contribution in [0.15, 0.2) is 0 Å². The van der Waals surface area contributed by atoms with E-state index in [4.69, 9.17) is 4.74 Å². The summed E-state index contributed by atoms with van der Waals surface area (Å²) < 4.78 is 5.81. The quantitative estimate of drug-likeness (QED) is 0.181. The Morgan fingerprint density at radius 1 is 1.31 bits per heavy atom. The number of aliphatic hydroxyl groups is 2. The van der Waals surface area contributed by atoms with E-state index in [9.17, 15) is 19.8 Å². The van der Waals surface area contributed by atoms with Crippen LogP contribution in [0.25, 0.3) is 0 Å². The minimum atomic E-state index is -1.80. The molecule has 0 aromatic carbocycles. The zero-order valence-corrected chi connectivity index (χ0v) is 21.5. The fourth-order valence-corrected chi connectivity index (χ4v) is 6.63. The van der Waals surface area contributed by atoms with Crippen molar-refractivity contribution in [3.05, 3.63) is 0 Å². The third-order valence-electron chi connectivity index (χ3n) is 6.62. The van der Waals surface area contributed by atoms with Crippen LogP contribution in [0.4, 0.5) is 0 Å². The topological polar surface area (TPSA) is 95.9 Å². The zero-order valence-electron chi connectivity index (χ0n) is 18.3. The van der Waals surface area contributed by atoms with E-state index in [0.29, 0.717) is 12.8 Å².